The SMILES string of the molecule is O=C(O)C1=C[C@H](c2cccc(O)c2)C2=C(C1)c1ccccc1C2. The van der Waals surface area contributed by atoms with E-state index in [1.165, 1.54) is 16.7 Å². The fraction of sp³-hybridized carbons (Fsp3) is 0.150. The van der Waals surface area contributed by atoms with Crippen LogP contribution in [-0.4, -0.2) is 16.2 Å². The largest absolute Gasteiger partial charge is 0.508 e. The van der Waals surface area contributed by atoms with Crippen molar-refractivity contribution in [3.63, 3.8) is 0 Å². The highest BCUT2D eigenvalue weighted by Crippen LogP contribution is 2.47. The van der Waals surface area contributed by atoms with Crippen LogP contribution in [0.1, 0.15) is 29.0 Å². The molecular formula is C20H16O3. The number of allylic oxidation sites excluding steroid dienone is 3. The molecule has 114 valence electrons. The van der Waals surface area contributed by atoms with Crippen molar-refractivity contribution in [1.82, 2.24) is 0 Å². The van der Waals surface area contributed by atoms with Gasteiger partial charge in [-0.2, -0.15) is 0 Å². The highest BCUT2D eigenvalue weighted by molar-refractivity contribution is 5.94. The smallest absolute Gasteiger partial charge is 0.331 e. The fourth-order valence-electron chi connectivity index (χ4n) is 3.67. The Kier molecular flexibility index (Phi) is 3.08. The lowest BCUT2D eigenvalue weighted by Crippen LogP contribution is -2.12. The summed E-state index contributed by atoms with van der Waals surface area (Å²) in [7, 11) is 0. The molecule has 0 radical (unpaired) electrons. The Labute approximate surface area is 134 Å². The summed E-state index contributed by atoms with van der Waals surface area (Å²) in [6.07, 6.45) is 3.15. The molecule has 0 saturated heterocycles. The zero-order chi connectivity index (χ0) is 16.0. The van der Waals surface area contributed by atoms with Crippen LogP contribution in [0.3, 0.4) is 0 Å². The lowest BCUT2D eigenvalue weighted by Gasteiger charge is -2.23. The van der Waals surface area contributed by atoms with Crippen molar-refractivity contribution in [3.05, 3.63) is 82.4 Å². The third-order valence-electron chi connectivity index (χ3n) is 4.73. The molecule has 2 aliphatic rings. The number of aromatic hydroxyl groups is 1. The topological polar surface area (TPSA) is 57.5 Å². The highest BCUT2D eigenvalue weighted by Gasteiger charge is 2.32. The van der Waals surface area contributed by atoms with Crippen LogP contribution in [-0.2, 0) is 11.2 Å². The van der Waals surface area contributed by atoms with Crippen LogP contribution in [0.4, 0.5) is 0 Å². The number of benzene rings is 2. The van der Waals surface area contributed by atoms with Crippen molar-refractivity contribution in [2.45, 2.75) is 18.8 Å². The summed E-state index contributed by atoms with van der Waals surface area (Å²) in [5, 5.41) is 19.3. The Morgan fingerprint density at radius 3 is 2.65 bits per heavy atom. The van der Waals surface area contributed by atoms with E-state index in [0.29, 0.717) is 12.0 Å². The Morgan fingerprint density at radius 1 is 1.04 bits per heavy atom. The van der Waals surface area contributed by atoms with E-state index < -0.39 is 5.97 Å². The number of carboxylic acid groups (broad SMARTS) is 1. The van der Waals surface area contributed by atoms with Gasteiger partial charge in [0.25, 0.3) is 0 Å². The first kappa shape index (κ1) is 13.8. The number of carboxylic acids is 1. The molecule has 3 nitrogen and oxygen atoms in total. The molecule has 0 bridgehead atoms. The molecule has 0 amide bonds. The second kappa shape index (κ2) is 5.13. The molecule has 2 aromatic carbocycles. The highest BCUT2D eigenvalue weighted by atomic mass is 16.4. The number of carbonyl (C=O) groups is 1. The van der Waals surface area contributed by atoms with Gasteiger partial charge in [-0.25, -0.2) is 4.79 Å². The van der Waals surface area contributed by atoms with E-state index in [0.717, 1.165) is 17.6 Å². The Balaban J connectivity index is 1.86. The van der Waals surface area contributed by atoms with E-state index in [-0.39, 0.29) is 11.7 Å². The van der Waals surface area contributed by atoms with Gasteiger partial charge in [0, 0.05) is 17.9 Å². The predicted octanol–water partition coefficient (Wildman–Crippen LogP) is 3.90. The second-order valence-electron chi connectivity index (χ2n) is 6.08. The van der Waals surface area contributed by atoms with Crippen molar-refractivity contribution < 1.29 is 15.0 Å². The molecule has 0 aliphatic heterocycles. The van der Waals surface area contributed by atoms with Crippen LogP contribution in [0.15, 0.2) is 65.8 Å². The van der Waals surface area contributed by atoms with Gasteiger partial charge in [0.05, 0.1) is 0 Å². The summed E-state index contributed by atoms with van der Waals surface area (Å²) < 4.78 is 0. The standard InChI is InChI=1S/C20H16O3/c21-15-6-3-5-12(8-15)17-10-14(20(22)23)11-18-16-7-2-1-4-13(16)9-19(17)18/h1-8,10,17,21H,9,11H2,(H,22,23)/t17-/m1/s1. The molecule has 1 atom stereocenters. The van der Waals surface area contributed by atoms with Crippen molar-refractivity contribution in [1.29, 1.82) is 0 Å². The minimum absolute atomic E-state index is 0.0932. The maximum absolute atomic E-state index is 11.6. The van der Waals surface area contributed by atoms with E-state index >= 15 is 0 Å². The van der Waals surface area contributed by atoms with Gasteiger partial charge in [0.2, 0.25) is 0 Å². The Hall–Kier alpha value is -2.81. The van der Waals surface area contributed by atoms with Crippen LogP contribution in [0.2, 0.25) is 0 Å². The third kappa shape index (κ3) is 2.25. The van der Waals surface area contributed by atoms with Gasteiger partial charge in [-0.15, -0.1) is 0 Å². The van der Waals surface area contributed by atoms with Crippen molar-refractivity contribution in [3.8, 4) is 5.75 Å². The molecule has 0 fully saturated rings. The molecule has 2 aliphatic carbocycles. The van der Waals surface area contributed by atoms with Gasteiger partial charge in [0.15, 0.2) is 0 Å². The third-order valence-corrected chi connectivity index (χ3v) is 4.73. The minimum Gasteiger partial charge on any atom is -0.508 e. The summed E-state index contributed by atoms with van der Waals surface area (Å²) in [6, 6.07) is 15.3. The molecule has 0 heterocycles. The second-order valence-corrected chi connectivity index (χ2v) is 6.08. The van der Waals surface area contributed by atoms with E-state index in [1.54, 1.807) is 18.2 Å². The molecule has 2 aromatic rings. The maximum Gasteiger partial charge on any atom is 0.331 e. The summed E-state index contributed by atoms with van der Waals surface area (Å²) in [5.41, 5.74) is 6.16. The first-order valence-electron chi connectivity index (χ1n) is 7.66. The van der Waals surface area contributed by atoms with Gasteiger partial charge in [-0.3, -0.25) is 0 Å². The zero-order valence-electron chi connectivity index (χ0n) is 12.5. The normalized spacial score (nSPS) is 19.1. The van der Waals surface area contributed by atoms with Crippen molar-refractivity contribution >= 4 is 11.5 Å². The first-order chi connectivity index (χ1) is 11.1. The summed E-state index contributed by atoms with van der Waals surface area (Å²) >= 11 is 0. The van der Waals surface area contributed by atoms with E-state index in [1.807, 2.05) is 24.3 Å². The average molecular weight is 304 g/mol. The van der Waals surface area contributed by atoms with Crippen LogP contribution in [0.5, 0.6) is 5.75 Å². The minimum atomic E-state index is -0.869. The van der Waals surface area contributed by atoms with E-state index in [4.69, 9.17) is 0 Å². The molecule has 2 N–H and O–H groups in total. The predicted molar refractivity (Wildman–Crippen MR) is 88.2 cm³/mol. The number of fused-ring (bicyclic) bond motifs is 2. The number of rotatable bonds is 2. The van der Waals surface area contributed by atoms with Gasteiger partial charge in [0.1, 0.15) is 5.75 Å². The number of phenols is 1. The Morgan fingerprint density at radius 2 is 1.87 bits per heavy atom. The van der Waals surface area contributed by atoms with Crippen LogP contribution in [0, 0.1) is 0 Å². The molecule has 4 rings (SSSR count). The molecule has 0 unspecified atom stereocenters. The monoisotopic (exact) mass is 304 g/mol. The number of hydrogen-bond acceptors (Lipinski definition) is 2. The van der Waals surface area contributed by atoms with Crippen molar-refractivity contribution in [2.75, 3.05) is 0 Å². The lowest BCUT2D eigenvalue weighted by molar-refractivity contribution is -0.132. The van der Waals surface area contributed by atoms with Crippen molar-refractivity contribution in [2.24, 2.45) is 0 Å². The van der Waals surface area contributed by atoms with Gasteiger partial charge < -0.3 is 10.2 Å². The maximum atomic E-state index is 11.6. The lowest BCUT2D eigenvalue weighted by atomic mass is 9.80. The molecule has 0 saturated carbocycles. The number of phenolic OH excluding ortho intramolecular Hbond substituents is 1. The molecular weight excluding hydrogens is 288 g/mol. The first-order valence-corrected chi connectivity index (χ1v) is 7.66. The fourth-order valence-corrected chi connectivity index (χ4v) is 3.67. The summed E-state index contributed by atoms with van der Waals surface area (Å²) in [4.78, 5) is 11.6. The van der Waals surface area contributed by atoms with Crippen LogP contribution >= 0.6 is 0 Å². The van der Waals surface area contributed by atoms with E-state index in [9.17, 15) is 15.0 Å². The average Bonchev–Trinajstić information content (AvgIpc) is 2.92. The molecule has 23 heavy (non-hydrogen) atoms. The van der Waals surface area contributed by atoms with E-state index in [2.05, 4.69) is 12.1 Å². The summed E-state index contributed by atoms with van der Waals surface area (Å²) in [5.74, 6) is -0.758. The van der Waals surface area contributed by atoms with Gasteiger partial charge >= 0.3 is 5.97 Å². The van der Waals surface area contributed by atoms with Crippen LogP contribution < -0.4 is 0 Å². The zero-order valence-corrected chi connectivity index (χ0v) is 12.5. The molecule has 3 heteroatoms. The van der Waals surface area contributed by atoms with Gasteiger partial charge in [-0.05, 0) is 40.8 Å². The number of aliphatic carboxylic acids is 1. The molecule has 0 spiro atoms. The molecule has 0 aromatic heterocycles. The number of hydrogen-bond donors (Lipinski definition) is 2. The quantitative estimate of drug-likeness (QED) is 0.884. The Bertz CT molecular complexity index is 874. The van der Waals surface area contributed by atoms with Crippen LogP contribution in [0.25, 0.3) is 5.57 Å². The van der Waals surface area contributed by atoms with Gasteiger partial charge in [-0.1, -0.05) is 48.0 Å². The summed E-state index contributed by atoms with van der Waals surface area (Å²) in [6.45, 7) is 0.